The molecule has 0 aliphatic carbocycles. The number of hydrogen-bond acceptors (Lipinski definition) is 4. The maximum atomic E-state index is 13.0. The van der Waals surface area contributed by atoms with Crippen LogP contribution in [0, 0.1) is 0 Å². The van der Waals surface area contributed by atoms with Crippen LogP contribution in [0.3, 0.4) is 0 Å². The van der Waals surface area contributed by atoms with Crippen molar-refractivity contribution >= 4 is 5.91 Å². The van der Waals surface area contributed by atoms with Crippen LogP contribution < -0.4 is 9.47 Å². The minimum atomic E-state index is 0.0558. The van der Waals surface area contributed by atoms with E-state index in [9.17, 15) is 4.79 Å². The van der Waals surface area contributed by atoms with Gasteiger partial charge in [-0.2, -0.15) is 5.10 Å². The fourth-order valence-corrected chi connectivity index (χ4v) is 3.38. The van der Waals surface area contributed by atoms with Gasteiger partial charge in [0.25, 0.3) is 5.91 Å². The van der Waals surface area contributed by atoms with E-state index in [-0.39, 0.29) is 11.9 Å². The molecule has 0 radical (unpaired) electrons. The van der Waals surface area contributed by atoms with Crippen LogP contribution in [-0.4, -0.2) is 46.4 Å². The fourth-order valence-electron chi connectivity index (χ4n) is 3.38. The predicted molar refractivity (Wildman–Crippen MR) is 88.3 cm³/mol. The van der Waals surface area contributed by atoms with Crippen molar-refractivity contribution in [2.45, 2.75) is 31.8 Å². The number of benzene rings is 1. The largest absolute Gasteiger partial charge is 0.490 e. The van der Waals surface area contributed by atoms with Gasteiger partial charge in [0.05, 0.1) is 25.8 Å². The molecule has 1 atom stereocenters. The zero-order chi connectivity index (χ0) is 16.4. The van der Waals surface area contributed by atoms with E-state index in [1.807, 2.05) is 40.0 Å². The van der Waals surface area contributed by atoms with Crippen LogP contribution in [0.2, 0.25) is 0 Å². The van der Waals surface area contributed by atoms with Crippen molar-refractivity contribution in [3.8, 4) is 11.5 Å². The summed E-state index contributed by atoms with van der Waals surface area (Å²) in [6, 6.07) is 7.58. The molecule has 2 aliphatic heterocycles. The quantitative estimate of drug-likeness (QED) is 0.868. The number of carbonyl (C=O) groups excluding carboxylic acids is 1. The molecule has 0 N–H and O–H groups in total. The number of aromatic nitrogens is 2. The van der Waals surface area contributed by atoms with E-state index >= 15 is 0 Å². The standard InChI is InChI=1S/C18H21N3O3/c22-18(14-5-6-16-17(12-14)24-11-3-10-23-16)21-9-1-4-15(21)13-20-8-2-7-19-20/h2,5-8,12,15H,1,3-4,9-11,13H2/t15-/m1/s1. The summed E-state index contributed by atoms with van der Waals surface area (Å²) in [7, 11) is 0. The smallest absolute Gasteiger partial charge is 0.254 e. The third-order valence-electron chi connectivity index (χ3n) is 4.59. The summed E-state index contributed by atoms with van der Waals surface area (Å²) in [5, 5.41) is 4.26. The summed E-state index contributed by atoms with van der Waals surface area (Å²) >= 11 is 0. The Morgan fingerprint density at radius 3 is 2.92 bits per heavy atom. The number of likely N-dealkylation sites (tertiary alicyclic amines) is 1. The zero-order valence-electron chi connectivity index (χ0n) is 13.6. The monoisotopic (exact) mass is 327 g/mol. The van der Waals surface area contributed by atoms with Crippen LogP contribution in [0.15, 0.2) is 36.7 Å². The SMILES string of the molecule is O=C(c1ccc2c(c1)OCCCO2)N1CCC[C@@H]1Cn1cccn1. The van der Waals surface area contributed by atoms with Crippen molar-refractivity contribution in [1.29, 1.82) is 0 Å². The molecule has 0 bridgehead atoms. The number of nitrogens with zero attached hydrogens (tertiary/aromatic N) is 3. The van der Waals surface area contributed by atoms with Crippen LogP contribution in [0.4, 0.5) is 0 Å². The molecule has 6 heteroatoms. The summed E-state index contributed by atoms with van der Waals surface area (Å²) in [6.45, 7) is 2.80. The molecule has 2 aliphatic rings. The number of ether oxygens (including phenoxy) is 2. The van der Waals surface area contributed by atoms with Crippen LogP contribution in [0.1, 0.15) is 29.6 Å². The third-order valence-corrected chi connectivity index (χ3v) is 4.59. The van der Waals surface area contributed by atoms with Gasteiger partial charge < -0.3 is 14.4 Å². The van der Waals surface area contributed by atoms with Gasteiger partial charge in [0.2, 0.25) is 0 Å². The van der Waals surface area contributed by atoms with Gasteiger partial charge in [-0.1, -0.05) is 0 Å². The Morgan fingerprint density at radius 2 is 2.08 bits per heavy atom. The average Bonchev–Trinajstić information content (AvgIpc) is 3.22. The van der Waals surface area contributed by atoms with E-state index in [1.165, 1.54) is 0 Å². The first-order valence-corrected chi connectivity index (χ1v) is 8.49. The molecule has 6 nitrogen and oxygen atoms in total. The molecule has 126 valence electrons. The first kappa shape index (κ1) is 15.1. The Kier molecular flexibility index (Phi) is 4.11. The number of hydrogen-bond donors (Lipinski definition) is 0. The van der Waals surface area contributed by atoms with Crippen molar-refractivity contribution < 1.29 is 14.3 Å². The molecular formula is C18H21N3O3. The third kappa shape index (κ3) is 2.96. The molecule has 1 aromatic heterocycles. The molecule has 1 aromatic carbocycles. The Labute approximate surface area is 141 Å². The van der Waals surface area contributed by atoms with Gasteiger partial charge in [0.1, 0.15) is 0 Å². The minimum absolute atomic E-state index is 0.0558. The van der Waals surface area contributed by atoms with E-state index < -0.39 is 0 Å². The second kappa shape index (κ2) is 6.55. The molecule has 1 fully saturated rings. The van der Waals surface area contributed by atoms with Crippen LogP contribution in [0.5, 0.6) is 11.5 Å². The number of rotatable bonds is 3. The molecule has 4 rings (SSSR count). The summed E-state index contributed by atoms with van der Waals surface area (Å²) in [5.41, 5.74) is 0.659. The lowest BCUT2D eigenvalue weighted by atomic mass is 10.1. The maximum Gasteiger partial charge on any atom is 0.254 e. The maximum absolute atomic E-state index is 13.0. The molecule has 0 saturated carbocycles. The first-order chi connectivity index (χ1) is 11.8. The van der Waals surface area contributed by atoms with Crippen molar-refractivity contribution in [3.63, 3.8) is 0 Å². The number of carbonyl (C=O) groups is 1. The van der Waals surface area contributed by atoms with E-state index in [2.05, 4.69) is 5.10 Å². The Hall–Kier alpha value is -2.50. The fraction of sp³-hybridized carbons (Fsp3) is 0.444. The minimum Gasteiger partial charge on any atom is -0.490 e. The van der Waals surface area contributed by atoms with Gasteiger partial charge in [0.15, 0.2) is 11.5 Å². The van der Waals surface area contributed by atoms with Gasteiger partial charge in [-0.15, -0.1) is 0 Å². The highest BCUT2D eigenvalue weighted by atomic mass is 16.5. The molecule has 3 heterocycles. The average molecular weight is 327 g/mol. The van der Waals surface area contributed by atoms with E-state index in [1.54, 1.807) is 6.20 Å². The van der Waals surface area contributed by atoms with E-state index in [0.717, 1.165) is 38.1 Å². The molecule has 0 unspecified atom stereocenters. The van der Waals surface area contributed by atoms with Gasteiger partial charge in [-0.25, -0.2) is 0 Å². The van der Waals surface area contributed by atoms with Crippen LogP contribution in [0.25, 0.3) is 0 Å². The summed E-state index contributed by atoms with van der Waals surface area (Å²) in [6.07, 6.45) is 6.61. The molecule has 1 amide bonds. The summed E-state index contributed by atoms with van der Waals surface area (Å²) in [5.74, 6) is 1.44. The Morgan fingerprint density at radius 1 is 1.21 bits per heavy atom. The predicted octanol–water partition coefficient (Wildman–Crippen LogP) is 2.35. The highest BCUT2D eigenvalue weighted by Gasteiger charge is 2.30. The molecule has 24 heavy (non-hydrogen) atoms. The Bertz CT molecular complexity index is 714. The van der Waals surface area contributed by atoms with Gasteiger partial charge in [0, 0.05) is 30.9 Å². The highest BCUT2D eigenvalue weighted by molar-refractivity contribution is 5.95. The topological polar surface area (TPSA) is 56.6 Å². The molecule has 1 saturated heterocycles. The summed E-state index contributed by atoms with van der Waals surface area (Å²) in [4.78, 5) is 14.9. The number of fused-ring (bicyclic) bond motifs is 1. The van der Waals surface area contributed by atoms with E-state index in [4.69, 9.17) is 9.47 Å². The van der Waals surface area contributed by atoms with Crippen molar-refractivity contribution in [2.75, 3.05) is 19.8 Å². The lowest BCUT2D eigenvalue weighted by Crippen LogP contribution is -2.38. The highest BCUT2D eigenvalue weighted by Crippen LogP contribution is 2.31. The van der Waals surface area contributed by atoms with Crippen molar-refractivity contribution in [1.82, 2.24) is 14.7 Å². The molecule has 0 spiro atoms. The van der Waals surface area contributed by atoms with Gasteiger partial charge in [-0.05, 0) is 37.1 Å². The van der Waals surface area contributed by atoms with Crippen molar-refractivity contribution in [2.24, 2.45) is 0 Å². The Balaban J connectivity index is 1.53. The van der Waals surface area contributed by atoms with Crippen LogP contribution >= 0.6 is 0 Å². The lowest BCUT2D eigenvalue weighted by Gasteiger charge is -2.25. The number of amides is 1. The second-order valence-electron chi connectivity index (χ2n) is 6.23. The molecule has 2 aromatic rings. The lowest BCUT2D eigenvalue weighted by molar-refractivity contribution is 0.0721. The molecular weight excluding hydrogens is 306 g/mol. The van der Waals surface area contributed by atoms with Gasteiger partial charge >= 0.3 is 0 Å². The van der Waals surface area contributed by atoms with E-state index in [0.29, 0.717) is 24.5 Å². The van der Waals surface area contributed by atoms with Crippen LogP contribution in [-0.2, 0) is 6.54 Å². The normalized spacial score (nSPS) is 20.0. The first-order valence-electron chi connectivity index (χ1n) is 8.49. The van der Waals surface area contributed by atoms with Crippen molar-refractivity contribution in [3.05, 3.63) is 42.2 Å². The van der Waals surface area contributed by atoms with Gasteiger partial charge in [-0.3, -0.25) is 9.48 Å². The zero-order valence-corrected chi connectivity index (χ0v) is 13.6. The second-order valence-corrected chi connectivity index (χ2v) is 6.23. The summed E-state index contributed by atoms with van der Waals surface area (Å²) < 4.78 is 13.2.